The van der Waals surface area contributed by atoms with Gasteiger partial charge in [0, 0.05) is 5.38 Å². The lowest BCUT2D eigenvalue weighted by molar-refractivity contribution is 0.0699. The number of fused-ring (bicyclic) bond motifs is 1. The number of aromatic nitrogens is 2. The van der Waals surface area contributed by atoms with Gasteiger partial charge in [0.25, 0.3) is 0 Å². The fourth-order valence-corrected chi connectivity index (χ4v) is 1.99. The molecule has 0 spiro atoms. The van der Waals surface area contributed by atoms with E-state index in [1.807, 2.05) is 0 Å². The van der Waals surface area contributed by atoms with Gasteiger partial charge >= 0.3 is 5.97 Å². The molecule has 2 N–H and O–H groups in total. The number of carboxylic acids is 1. The molecule has 0 aromatic carbocycles. The Bertz CT molecular complexity index is 443. The van der Waals surface area contributed by atoms with E-state index in [2.05, 4.69) is 9.97 Å². The minimum atomic E-state index is -0.912. The van der Waals surface area contributed by atoms with E-state index < -0.39 is 5.97 Å². The van der Waals surface area contributed by atoms with Crippen LogP contribution in [0.25, 0.3) is 10.3 Å². The van der Waals surface area contributed by atoms with Crippen molar-refractivity contribution in [3.05, 3.63) is 16.8 Å². The zero-order chi connectivity index (χ0) is 8.72. The summed E-state index contributed by atoms with van der Waals surface area (Å²) in [4.78, 5) is 18.4. The van der Waals surface area contributed by atoms with Gasteiger partial charge in [0.2, 0.25) is 0 Å². The first kappa shape index (κ1) is 7.30. The van der Waals surface area contributed by atoms with Gasteiger partial charge in [-0.15, -0.1) is 11.3 Å². The van der Waals surface area contributed by atoms with Crippen LogP contribution in [-0.4, -0.2) is 21.0 Å². The summed E-state index contributed by atoms with van der Waals surface area (Å²) in [6.45, 7) is 1.80. The smallest absolute Gasteiger partial charge is 0.338 e. The zero-order valence-corrected chi connectivity index (χ0v) is 7.10. The van der Waals surface area contributed by atoms with Crippen LogP contribution in [-0.2, 0) is 0 Å². The lowest BCUT2D eigenvalue weighted by Crippen LogP contribution is -1.93. The van der Waals surface area contributed by atoms with Gasteiger partial charge in [0.1, 0.15) is 10.7 Å². The molecule has 5 heteroatoms. The van der Waals surface area contributed by atoms with Gasteiger partial charge in [-0.2, -0.15) is 0 Å². The Morgan fingerprint density at radius 1 is 1.75 bits per heavy atom. The van der Waals surface area contributed by atoms with Gasteiger partial charge in [-0.05, 0) is 6.92 Å². The average molecular weight is 182 g/mol. The molecule has 2 heterocycles. The number of nitrogens with zero attached hydrogens (tertiary/aromatic N) is 1. The normalized spacial score (nSPS) is 10.8. The number of hydrogen-bond acceptors (Lipinski definition) is 3. The molecule has 0 saturated heterocycles. The summed E-state index contributed by atoms with van der Waals surface area (Å²) in [5, 5.41) is 10.3. The highest BCUT2D eigenvalue weighted by molar-refractivity contribution is 7.17. The maximum absolute atomic E-state index is 10.6. The number of hydrogen-bond donors (Lipinski definition) is 2. The Labute approximate surface area is 71.9 Å². The van der Waals surface area contributed by atoms with E-state index in [1.165, 1.54) is 11.3 Å². The summed E-state index contributed by atoms with van der Waals surface area (Å²) in [6, 6.07) is 0. The molecular weight excluding hydrogens is 176 g/mol. The van der Waals surface area contributed by atoms with Crippen molar-refractivity contribution in [1.82, 2.24) is 9.97 Å². The topological polar surface area (TPSA) is 66.0 Å². The van der Waals surface area contributed by atoms with Gasteiger partial charge in [-0.25, -0.2) is 9.78 Å². The van der Waals surface area contributed by atoms with Crippen molar-refractivity contribution < 1.29 is 9.90 Å². The van der Waals surface area contributed by atoms with E-state index in [4.69, 9.17) is 5.11 Å². The number of carboxylic acid groups (broad SMARTS) is 1. The molecular formula is C7H6N2O2S. The molecule has 2 rings (SSSR count). The van der Waals surface area contributed by atoms with Crippen molar-refractivity contribution in [2.45, 2.75) is 6.92 Å². The summed E-state index contributed by atoms with van der Waals surface area (Å²) in [5.41, 5.74) is 0.931. The van der Waals surface area contributed by atoms with Crippen molar-refractivity contribution in [2.75, 3.05) is 0 Å². The van der Waals surface area contributed by atoms with Crippen LogP contribution in [0.3, 0.4) is 0 Å². The molecule has 0 bridgehead atoms. The first-order valence-corrected chi connectivity index (χ1v) is 4.23. The summed E-state index contributed by atoms with van der Waals surface area (Å²) < 4.78 is 0. The average Bonchev–Trinajstić information content (AvgIpc) is 2.43. The second kappa shape index (κ2) is 2.31. The van der Waals surface area contributed by atoms with Crippen LogP contribution >= 0.6 is 11.3 Å². The molecule has 0 atom stereocenters. The fraction of sp³-hybridized carbons (Fsp3) is 0.143. The van der Waals surface area contributed by atoms with Crippen LogP contribution in [0.15, 0.2) is 5.38 Å². The molecule has 0 aliphatic heterocycles. The highest BCUT2D eigenvalue weighted by Crippen LogP contribution is 2.23. The van der Waals surface area contributed by atoms with Gasteiger partial charge < -0.3 is 10.1 Å². The number of nitrogens with one attached hydrogen (secondary N) is 1. The quantitative estimate of drug-likeness (QED) is 0.704. The summed E-state index contributed by atoms with van der Waals surface area (Å²) in [7, 11) is 0. The summed E-state index contributed by atoms with van der Waals surface area (Å²) in [6.07, 6.45) is 0. The molecule has 4 nitrogen and oxygen atoms in total. The highest BCUT2D eigenvalue weighted by atomic mass is 32.1. The predicted octanol–water partition coefficient (Wildman–Crippen LogP) is 1.63. The second-order valence-electron chi connectivity index (χ2n) is 2.46. The van der Waals surface area contributed by atoms with Crippen LogP contribution < -0.4 is 0 Å². The molecule has 0 amide bonds. The van der Waals surface area contributed by atoms with E-state index in [0.29, 0.717) is 11.1 Å². The van der Waals surface area contributed by atoms with E-state index in [1.54, 1.807) is 12.3 Å². The molecule has 2 aromatic rings. The molecule has 0 fully saturated rings. The number of rotatable bonds is 1. The third-order valence-corrected chi connectivity index (χ3v) is 2.45. The van der Waals surface area contributed by atoms with E-state index >= 15 is 0 Å². The van der Waals surface area contributed by atoms with E-state index in [-0.39, 0.29) is 0 Å². The number of carbonyl (C=O) groups is 1. The third kappa shape index (κ3) is 0.902. The largest absolute Gasteiger partial charge is 0.478 e. The minimum Gasteiger partial charge on any atom is -0.478 e. The first-order valence-electron chi connectivity index (χ1n) is 3.35. The van der Waals surface area contributed by atoms with Crippen LogP contribution in [0.4, 0.5) is 0 Å². The molecule has 62 valence electrons. The second-order valence-corrected chi connectivity index (χ2v) is 3.31. The van der Waals surface area contributed by atoms with Crippen molar-refractivity contribution in [2.24, 2.45) is 0 Å². The Morgan fingerprint density at radius 3 is 3.17 bits per heavy atom. The van der Waals surface area contributed by atoms with Gasteiger partial charge in [-0.3, -0.25) is 0 Å². The summed E-state index contributed by atoms with van der Waals surface area (Å²) in [5.74, 6) is -0.163. The van der Waals surface area contributed by atoms with Crippen molar-refractivity contribution >= 4 is 27.7 Å². The lowest BCUT2D eigenvalue weighted by Gasteiger charge is -1.85. The maximum atomic E-state index is 10.6. The Hall–Kier alpha value is -1.36. The molecule has 0 saturated carbocycles. The number of imidazole rings is 1. The lowest BCUT2D eigenvalue weighted by atomic mass is 10.3. The number of aromatic amines is 1. The minimum absolute atomic E-state index is 0.301. The standard InChI is InChI=1S/C7H6N2O2S/c1-3-8-5-4(7(10)11)2-12-6(5)9-3/h2H,1H3,(H,8,9)(H,10,11). The fourth-order valence-electron chi connectivity index (χ4n) is 1.07. The van der Waals surface area contributed by atoms with Gasteiger partial charge in [0.15, 0.2) is 0 Å². The molecule has 0 radical (unpaired) electrons. The van der Waals surface area contributed by atoms with Crippen LogP contribution in [0, 0.1) is 6.92 Å². The van der Waals surface area contributed by atoms with Crippen molar-refractivity contribution in [1.29, 1.82) is 0 Å². The molecule has 0 aliphatic carbocycles. The van der Waals surface area contributed by atoms with E-state index in [9.17, 15) is 4.79 Å². The zero-order valence-electron chi connectivity index (χ0n) is 6.29. The van der Waals surface area contributed by atoms with Crippen LogP contribution in [0.2, 0.25) is 0 Å². The highest BCUT2D eigenvalue weighted by Gasteiger charge is 2.12. The van der Waals surface area contributed by atoms with E-state index in [0.717, 1.165) is 10.7 Å². The SMILES string of the molecule is Cc1nc2scc(C(=O)O)c2[nH]1. The monoisotopic (exact) mass is 182 g/mol. The molecule has 0 aliphatic rings. The van der Waals surface area contributed by atoms with Crippen LogP contribution in [0.1, 0.15) is 16.2 Å². The van der Waals surface area contributed by atoms with Gasteiger partial charge in [-0.1, -0.05) is 0 Å². The Balaban J connectivity index is 2.76. The maximum Gasteiger partial charge on any atom is 0.338 e. The summed E-state index contributed by atoms with van der Waals surface area (Å²) >= 11 is 1.34. The third-order valence-electron chi connectivity index (χ3n) is 1.58. The van der Waals surface area contributed by atoms with Crippen molar-refractivity contribution in [3.63, 3.8) is 0 Å². The van der Waals surface area contributed by atoms with Crippen molar-refractivity contribution in [3.8, 4) is 0 Å². The van der Waals surface area contributed by atoms with Gasteiger partial charge in [0.05, 0.1) is 11.1 Å². The number of aryl methyl sites for hydroxylation is 1. The predicted molar refractivity (Wildman–Crippen MR) is 45.7 cm³/mol. The number of thiophene rings is 1. The molecule has 12 heavy (non-hydrogen) atoms. The molecule has 0 unspecified atom stereocenters. The first-order chi connectivity index (χ1) is 5.68. The van der Waals surface area contributed by atoms with Crippen LogP contribution in [0.5, 0.6) is 0 Å². The number of aromatic carboxylic acids is 1. The Kier molecular flexibility index (Phi) is 1.41. The Morgan fingerprint density at radius 2 is 2.50 bits per heavy atom. The number of H-pyrrole nitrogens is 1. The molecule has 2 aromatic heterocycles.